The molecule has 0 unspecified atom stereocenters. The van der Waals surface area contributed by atoms with Crippen molar-refractivity contribution in [2.24, 2.45) is 0 Å². The van der Waals surface area contributed by atoms with Crippen molar-refractivity contribution in [1.29, 1.82) is 5.26 Å². The molecule has 0 atom stereocenters. The summed E-state index contributed by atoms with van der Waals surface area (Å²) in [5.74, 6) is -2.71. The summed E-state index contributed by atoms with van der Waals surface area (Å²) in [6.07, 6.45) is 1.50. The van der Waals surface area contributed by atoms with Crippen molar-refractivity contribution >= 4 is 34.4 Å². The van der Waals surface area contributed by atoms with E-state index in [0.717, 1.165) is 0 Å². The molecule has 0 spiro atoms. The Kier molecular flexibility index (Phi) is 4.47. The molecule has 9 heteroatoms. The highest BCUT2D eigenvalue weighted by Gasteiger charge is 2.24. The van der Waals surface area contributed by atoms with Crippen molar-refractivity contribution in [2.75, 3.05) is 6.54 Å². The molecule has 0 saturated heterocycles. The number of aromatic nitrogens is 2. The Morgan fingerprint density at radius 3 is 2.62 bits per heavy atom. The van der Waals surface area contributed by atoms with Gasteiger partial charge in [0.1, 0.15) is 12.6 Å². The highest BCUT2D eigenvalue weighted by Crippen LogP contribution is 2.37. The van der Waals surface area contributed by atoms with Crippen LogP contribution in [-0.4, -0.2) is 38.2 Å². The number of rotatable bonds is 4. The summed E-state index contributed by atoms with van der Waals surface area (Å²) in [6, 6.07) is 10.9. The quantitative estimate of drug-likeness (QED) is 0.645. The third-order valence-electron chi connectivity index (χ3n) is 3.62. The topological polar surface area (TPSA) is 128 Å². The van der Waals surface area contributed by atoms with E-state index in [1.54, 1.807) is 28.8 Å². The van der Waals surface area contributed by atoms with Crippen LogP contribution in [0.15, 0.2) is 36.5 Å². The summed E-state index contributed by atoms with van der Waals surface area (Å²) in [5.41, 5.74) is 0.332. The predicted octanol–water partition coefficient (Wildman–Crippen LogP) is 2.07. The fourth-order valence-electron chi connectivity index (χ4n) is 2.54. The number of carbonyl (C=O) groups excluding carboxylic acids is 1. The third-order valence-corrected chi connectivity index (χ3v) is 3.91. The molecule has 8 nitrogen and oxygen atoms in total. The van der Waals surface area contributed by atoms with Gasteiger partial charge in [0.05, 0.1) is 15.9 Å². The van der Waals surface area contributed by atoms with Crippen LogP contribution < -0.4 is 5.32 Å². The molecular weight excluding hydrogens is 360 g/mol. The zero-order valence-corrected chi connectivity index (χ0v) is 13.9. The Balaban J connectivity index is 2.24. The van der Waals surface area contributed by atoms with Crippen molar-refractivity contribution in [3.63, 3.8) is 0 Å². The number of amides is 1. The minimum Gasteiger partial charge on any atom is -0.505 e. The lowest BCUT2D eigenvalue weighted by atomic mass is 10.1. The highest BCUT2D eigenvalue weighted by atomic mass is 35.5. The second-order valence-electron chi connectivity index (χ2n) is 5.25. The molecule has 3 N–H and O–H groups in total. The van der Waals surface area contributed by atoms with Crippen LogP contribution in [0.1, 0.15) is 16.2 Å². The van der Waals surface area contributed by atoms with Crippen LogP contribution >= 0.6 is 11.6 Å². The van der Waals surface area contributed by atoms with Gasteiger partial charge < -0.3 is 20.1 Å². The number of fused-ring (bicyclic) bond motifs is 1. The summed E-state index contributed by atoms with van der Waals surface area (Å²) in [7, 11) is 0. The molecule has 2 heterocycles. The van der Waals surface area contributed by atoms with Crippen molar-refractivity contribution in [3.05, 3.63) is 52.9 Å². The van der Waals surface area contributed by atoms with E-state index in [1.165, 1.54) is 6.20 Å². The highest BCUT2D eigenvalue weighted by molar-refractivity contribution is 6.36. The van der Waals surface area contributed by atoms with Crippen LogP contribution in [0.5, 0.6) is 5.75 Å². The van der Waals surface area contributed by atoms with Crippen LogP contribution in [-0.2, 0) is 4.79 Å². The first-order chi connectivity index (χ1) is 12.4. The molecule has 1 amide bonds. The van der Waals surface area contributed by atoms with E-state index in [9.17, 15) is 20.0 Å². The van der Waals surface area contributed by atoms with Gasteiger partial charge in [-0.25, -0.2) is 4.98 Å². The zero-order chi connectivity index (χ0) is 18.8. The Labute approximate surface area is 151 Å². The Hall–Kier alpha value is -3.57. The molecule has 26 heavy (non-hydrogen) atoms. The Morgan fingerprint density at radius 2 is 2.00 bits per heavy atom. The van der Waals surface area contributed by atoms with E-state index in [4.69, 9.17) is 16.7 Å². The molecule has 0 aliphatic carbocycles. The first-order valence-electron chi connectivity index (χ1n) is 7.33. The standard InChI is InChI=1S/C17H11ClN4O4/c18-10-8-22(9-4-2-1-3-5-9)15-11(6-19)21-14(16(25)13(10)15)17(26)20-7-12(23)24/h1-5,8,25H,7H2,(H,20,26)(H,23,24). The van der Waals surface area contributed by atoms with Gasteiger partial charge in [0.25, 0.3) is 5.91 Å². The minimum atomic E-state index is -1.26. The fraction of sp³-hybridized carbons (Fsp3) is 0.0588. The van der Waals surface area contributed by atoms with Crippen LogP contribution in [0.25, 0.3) is 16.6 Å². The molecule has 0 aliphatic rings. The van der Waals surface area contributed by atoms with E-state index in [1.807, 2.05) is 12.1 Å². The first-order valence-corrected chi connectivity index (χ1v) is 7.71. The SMILES string of the molecule is N#Cc1nc(C(=O)NCC(=O)O)c(O)c2c(Cl)cn(-c3ccccc3)c12. The van der Waals surface area contributed by atoms with Gasteiger partial charge >= 0.3 is 5.97 Å². The summed E-state index contributed by atoms with van der Waals surface area (Å²) in [4.78, 5) is 26.6. The molecule has 0 bridgehead atoms. The number of para-hydroxylation sites is 1. The van der Waals surface area contributed by atoms with Crippen molar-refractivity contribution < 1.29 is 19.8 Å². The Morgan fingerprint density at radius 1 is 1.31 bits per heavy atom. The second-order valence-corrected chi connectivity index (χ2v) is 5.66. The van der Waals surface area contributed by atoms with Crippen LogP contribution in [0.2, 0.25) is 5.02 Å². The molecule has 2 aromatic heterocycles. The van der Waals surface area contributed by atoms with Crippen LogP contribution in [0, 0.1) is 11.3 Å². The number of hydrogen-bond acceptors (Lipinski definition) is 5. The fourth-order valence-corrected chi connectivity index (χ4v) is 2.81. The number of aromatic hydroxyl groups is 1. The zero-order valence-electron chi connectivity index (χ0n) is 13.1. The maximum atomic E-state index is 12.1. The van der Waals surface area contributed by atoms with Gasteiger partial charge in [0, 0.05) is 11.9 Å². The summed E-state index contributed by atoms with van der Waals surface area (Å²) in [5, 5.41) is 30.9. The molecule has 130 valence electrons. The van der Waals surface area contributed by atoms with E-state index in [0.29, 0.717) is 5.69 Å². The monoisotopic (exact) mass is 370 g/mol. The summed E-state index contributed by atoms with van der Waals surface area (Å²) >= 11 is 6.22. The number of carboxylic acid groups (broad SMARTS) is 1. The maximum absolute atomic E-state index is 12.1. The largest absolute Gasteiger partial charge is 0.505 e. The normalized spacial score (nSPS) is 10.5. The molecule has 0 radical (unpaired) electrons. The van der Waals surface area contributed by atoms with Crippen molar-refractivity contribution in [2.45, 2.75) is 0 Å². The second kappa shape index (κ2) is 6.74. The molecule has 0 fully saturated rings. The van der Waals surface area contributed by atoms with Gasteiger partial charge in [-0.2, -0.15) is 5.26 Å². The minimum absolute atomic E-state index is 0.0857. The number of halogens is 1. The number of nitrogens with zero attached hydrogens (tertiary/aromatic N) is 3. The lowest BCUT2D eigenvalue weighted by molar-refractivity contribution is -0.135. The van der Waals surface area contributed by atoms with E-state index in [2.05, 4.69) is 10.3 Å². The van der Waals surface area contributed by atoms with Gasteiger partial charge in [-0.3, -0.25) is 9.59 Å². The van der Waals surface area contributed by atoms with E-state index >= 15 is 0 Å². The number of carboxylic acids is 1. The number of nitrogens with one attached hydrogen (secondary N) is 1. The van der Waals surface area contributed by atoms with Crippen LogP contribution in [0.3, 0.4) is 0 Å². The average Bonchev–Trinajstić information content (AvgIpc) is 2.99. The smallest absolute Gasteiger partial charge is 0.322 e. The molecule has 0 aliphatic heterocycles. The summed E-state index contributed by atoms with van der Waals surface area (Å²) < 4.78 is 1.59. The van der Waals surface area contributed by atoms with Crippen molar-refractivity contribution in [3.8, 4) is 17.5 Å². The Bertz CT molecular complexity index is 1070. The summed E-state index contributed by atoms with van der Waals surface area (Å²) in [6.45, 7) is -0.654. The number of hydrogen-bond donors (Lipinski definition) is 3. The first kappa shape index (κ1) is 17.3. The lowest BCUT2D eigenvalue weighted by Gasteiger charge is -2.09. The molecule has 3 aromatic rings. The molecule has 3 rings (SSSR count). The molecular formula is C17H11ClN4O4. The van der Waals surface area contributed by atoms with Gasteiger partial charge in [-0.05, 0) is 12.1 Å². The van der Waals surface area contributed by atoms with Gasteiger partial charge in [-0.1, -0.05) is 29.8 Å². The third kappa shape index (κ3) is 2.92. The van der Waals surface area contributed by atoms with Crippen molar-refractivity contribution in [1.82, 2.24) is 14.9 Å². The predicted molar refractivity (Wildman–Crippen MR) is 92.4 cm³/mol. The number of pyridine rings is 1. The molecule has 0 saturated carbocycles. The van der Waals surface area contributed by atoms with Gasteiger partial charge in [-0.15, -0.1) is 0 Å². The van der Waals surface area contributed by atoms with E-state index < -0.39 is 29.9 Å². The molecule has 1 aromatic carbocycles. The van der Waals surface area contributed by atoms with Gasteiger partial charge in [0.2, 0.25) is 0 Å². The van der Waals surface area contributed by atoms with Crippen LogP contribution in [0.4, 0.5) is 0 Å². The maximum Gasteiger partial charge on any atom is 0.322 e. The van der Waals surface area contributed by atoms with E-state index in [-0.39, 0.29) is 21.6 Å². The number of nitriles is 1. The average molecular weight is 371 g/mol. The number of benzene rings is 1. The number of aliphatic carboxylic acids is 1. The lowest BCUT2D eigenvalue weighted by Crippen LogP contribution is -2.30. The van der Waals surface area contributed by atoms with Gasteiger partial charge in [0.15, 0.2) is 17.1 Å². The number of carbonyl (C=O) groups is 2.